The van der Waals surface area contributed by atoms with Crippen molar-refractivity contribution < 1.29 is 9.18 Å². The summed E-state index contributed by atoms with van der Waals surface area (Å²) in [5.74, 6) is -0.237. The van der Waals surface area contributed by atoms with E-state index < -0.39 is 0 Å². The Balaban J connectivity index is 1.60. The van der Waals surface area contributed by atoms with Crippen molar-refractivity contribution in [3.63, 3.8) is 0 Å². The Kier molecular flexibility index (Phi) is 4.08. The fraction of sp³-hybridized carbons (Fsp3) is 0.588. The highest BCUT2D eigenvalue weighted by Crippen LogP contribution is 2.33. The molecule has 1 N–H and O–H groups in total. The van der Waals surface area contributed by atoms with Crippen LogP contribution in [0, 0.1) is 5.82 Å². The molecule has 1 fully saturated rings. The van der Waals surface area contributed by atoms with Gasteiger partial charge in [-0.15, -0.1) is 0 Å². The highest BCUT2D eigenvalue weighted by molar-refractivity contribution is 5.75. The Morgan fingerprint density at radius 3 is 2.64 bits per heavy atom. The van der Waals surface area contributed by atoms with Crippen molar-refractivity contribution in [1.82, 2.24) is 15.1 Å². The van der Waals surface area contributed by atoms with Crippen LogP contribution in [-0.4, -0.2) is 42.0 Å². The average Bonchev–Trinajstić information content (AvgIpc) is 3.11. The largest absolute Gasteiger partial charge is 0.336 e. The first-order chi connectivity index (χ1) is 10.5. The summed E-state index contributed by atoms with van der Waals surface area (Å²) in [6.45, 7) is 1.74. The molecule has 0 atom stereocenters. The number of carbonyl (C=O) groups excluding carboxylic acids is 1. The van der Waals surface area contributed by atoms with Gasteiger partial charge in [0.15, 0.2) is 0 Å². The molecule has 1 aliphatic heterocycles. The summed E-state index contributed by atoms with van der Waals surface area (Å²) in [5, 5.41) is 3.09. The Morgan fingerprint density at radius 1 is 1.27 bits per heavy atom. The van der Waals surface area contributed by atoms with Crippen LogP contribution in [0.1, 0.15) is 36.8 Å². The van der Waals surface area contributed by atoms with Crippen molar-refractivity contribution in [3.05, 3.63) is 35.1 Å². The van der Waals surface area contributed by atoms with Crippen LogP contribution in [0.4, 0.5) is 9.18 Å². The van der Waals surface area contributed by atoms with Gasteiger partial charge in [0.1, 0.15) is 5.82 Å². The number of benzene rings is 1. The maximum Gasteiger partial charge on any atom is 0.318 e. The molecule has 22 heavy (non-hydrogen) atoms. The van der Waals surface area contributed by atoms with Crippen LogP contribution in [0.15, 0.2) is 18.2 Å². The van der Waals surface area contributed by atoms with E-state index in [9.17, 15) is 9.18 Å². The number of urea groups is 1. The molecule has 1 aromatic rings. The number of hydrogen-bond acceptors (Lipinski definition) is 2. The molecule has 0 aromatic heterocycles. The van der Waals surface area contributed by atoms with E-state index in [4.69, 9.17) is 0 Å². The Morgan fingerprint density at radius 2 is 1.95 bits per heavy atom. The number of fused-ring (bicyclic) bond motifs is 1. The molecule has 120 valence electrons. The number of carbonyl (C=O) groups is 1. The smallest absolute Gasteiger partial charge is 0.318 e. The maximum atomic E-state index is 13.3. The van der Waals surface area contributed by atoms with E-state index in [2.05, 4.69) is 24.3 Å². The van der Waals surface area contributed by atoms with Gasteiger partial charge in [0.2, 0.25) is 0 Å². The molecule has 2 aliphatic rings. The first-order valence-electron chi connectivity index (χ1n) is 7.98. The molecule has 1 aliphatic carbocycles. The molecular formula is C17H24FN3O. The summed E-state index contributed by atoms with van der Waals surface area (Å²) in [6.07, 6.45) is 4.71. The fourth-order valence-corrected chi connectivity index (χ4v) is 3.67. The third-order valence-electron chi connectivity index (χ3n) is 5.23. The molecule has 4 nitrogen and oxygen atoms in total. The number of nitrogens with zero attached hydrogens (tertiary/aromatic N) is 2. The highest BCUT2D eigenvalue weighted by Gasteiger charge is 2.36. The molecule has 0 bridgehead atoms. The van der Waals surface area contributed by atoms with Crippen molar-refractivity contribution >= 4 is 6.03 Å². The first kappa shape index (κ1) is 15.3. The van der Waals surface area contributed by atoms with Gasteiger partial charge in [0, 0.05) is 25.2 Å². The normalized spacial score (nSPS) is 19.5. The number of rotatable bonds is 3. The molecule has 1 aromatic carbocycles. The minimum atomic E-state index is -0.237. The van der Waals surface area contributed by atoms with Gasteiger partial charge < -0.3 is 15.1 Å². The average molecular weight is 305 g/mol. The van der Waals surface area contributed by atoms with Crippen LogP contribution < -0.4 is 5.32 Å². The quantitative estimate of drug-likeness (QED) is 0.932. The van der Waals surface area contributed by atoms with Crippen LogP contribution >= 0.6 is 0 Å². The lowest BCUT2D eigenvalue weighted by atomic mass is 9.96. The molecule has 2 amide bonds. The lowest BCUT2D eigenvalue weighted by molar-refractivity contribution is 0.146. The van der Waals surface area contributed by atoms with Crippen LogP contribution in [-0.2, 0) is 13.1 Å². The number of amides is 2. The lowest BCUT2D eigenvalue weighted by Gasteiger charge is -2.37. The van der Waals surface area contributed by atoms with Gasteiger partial charge in [-0.1, -0.05) is 18.9 Å². The molecule has 3 rings (SSSR count). The second-order valence-electron chi connectivity index (χ2n) is 6.75. The Labute approximate surface area is 131 Å². The standard InChI is InChI=1S/C17H24FN3O/c1-20(2)17(7-3-4-8-17)12-19-16(22)21-10-13-5-6-15(18)9-14(13)11-21/h5-6,9H,3-4,7-8,10-12H2,1-2H3,(H,19,22). The number of likely N-dealkylation sites (N-methyl/N-ethyl adjacent to an activating group) is 1. The predicted octanol–water partition coefficient (Wildman–Crippen LogP) is 2.73. The van der Waals surface area contributed by atoms with E-state index in [-0.39, 0.29) is 17.4 Å². The summed E-state index contributed by atoms with van der Waals surface area (Å²) in [7, 11) is 4.18. The van der Waals surface area contributed by atoms with Gasteiger partial charge in [-0.3, -0.25) is 0 Å². The molecule has 5 heteroatoms. The predicted molar refractivity (Wildman–Crippen MR) is 83.9 cm³/mol. The van der Waals surface area contributed by atoms with E-state index in [1.54, 1.807) is 11.0 Å². The summed E-state index contributed by atoms with van der Waals surface area (Å²) in [4.78, 5) is 16.4. The molecule has 0 spiro atoms. The van der Waals surface area contributed by atoms with Crippen molar-refractivity contribution in [2.45, 2.75) is 44.3 Å². The molecular weight excluding hydrogens is 281 g/mol. The second-order valence-corrected chi connectivity index (χ2v) is 6.75. The van der Waals surface area contributed by atoms with Crippen LogP contribution in [0.25, 0.3) is 0 Å². The van der Waals surface area contributed by atoms with E-state index in [1.165, 1.54) is 25.0 Å². The van der Waals surface area contributed by atoms with Crippen molar-refractivity contribution in [3.8, 4) is 0 Å². The van der Waals surface area contributed by atoms with Crippen molar-refractivity contribution in [1.29, 1.82) is 0 Å². The van der Waals surface area contributed by atoms with Gasteiger partial charge in [0.05, 0.1) is 0 Å². The molecule has 0 radical (unpaired) electrons. The molecule has 1 heterocycles. The van der Waals surface area contributed by atoms with Gasteiger partial charge in [0.25, 0.3) is 0 Å². The minimum Gasteiger partial charge on any atom is -0.336 e. The zero-order chi connectivity index (χ0) is 15.7. The summed E-state index contributed by atoms with van der Waals surface area (Å²) in [6, 6.07) is 4.71. The summed E-state index contributed by atoms with van der Waals surface area (Å²) < 4.78 is 13.3. The number of hydrogen-bond donors (Lipinski definition) is 1. The Bertz CT molecular complexity index is 567. The summed E-state index contributed by atoms with van der Waals surface area (Å²) in [5.41, 5.74) is 2.05. The lowest BCUT2D eigenvalue weighted by Crippen LogP contribution is -2.52. The van der Waals surface area contributed by atoms with Crippen molar-refractivity contribution in [2.24, 2.45) is 0 Å². The highest BCUT2D eigenvalue weighted by atomic mass is 19.1. The topological polar surface area (TPSA) is 35.6 Å². The first-order valence-corrected chi connectivity index (χ1v) is 7.98. The van der Waals surface area contributed by atoms with Crippen LogP contribution in [0.5, 0.6) is 0 Å². The van der Waals surface area contributed by atoms with Crippen LogP contribution in [0.3, 0.4) is 0 Å². The second kappa shape index (κ2) is 5.88. The fourth-order valence-electron chi connectivity index (χ4n) is 3.67. The van der Waals surface area contributed by atoms with Gasteiger partial charge >= 0.3 is 6.03 Å². The third kappa shape index (κ3) is 2.82. The SMILES string of the molecule is CN(C)C1(CNC(=O)N2Cc3ccc(F)cc3C2)CCCC1. The zero-order valence-corrected chi connectivity index (χ0v) is 13.4. The minimum absolute atomic E-state index is 0.0512. The van der Waals surface area contributed by atoms with Gasteiger partial charge in [-0.25, -0.2) is 9.18 Å². The van der Waals surface area contributed by atoms with Crippen LogP contribution in [0.2, 0.25) is 0 Å². The van der Waals surface area contributed by atoms with E-state index in [0.717, 1.165) is 24.0 Å². The van der Waals surface area contributed by atoms with Crippen molar-refractivity contribution in [2.75, 3.05) is 20.6 Å². The van der Waals surface area contributed by atoms with E-state index in [0.29, 0.717) is 19.6 Å². The molecule has 1 saturated carbocycles. The number of nitrogens with one attached hydrogen (secondary N) is 1. The van der Waals surface area contributed by atoms with E-state index >= 15 is 0 Å². The molecule has 0 saturated heterocycles. The number of halogens is 1. The third-order valence-corrected chi connectivity index (χ3v) is 5.23. The van der Waals surface area contributed by atoms with E-state index in [1.807, 2.05) is 0 Å². The molecule has 0 unspecified atom stereocenters. The van der Waals surface area contributed by atoms with Gasteiger partial charge in [-0.05, 0) is 50.2 Å². The maximum absolute atomic E-state index is 13.3. The summed E-state index contributed by atoms with van der Waals surface area (Å²) >= 11 is 0. The zero-order valence-electron chi connectivity index (χ0n) is 13.4. The Hall–Kier alpha value is -1.62. The van der Waals surface area contributed by atoms with Gasteiger partial charge in [-0.2, -0.15) is 0 Å². The monoisotopic (exact) mass is 305 g/mol.